The summed E-state index contributed by atoms with van der Waals surface area (Å²) in [5, 5.41) is 10.3. The average Bonchev–Trinajstić information content (AvgIpc) is 2.15. The van der Waals surface area contributed by atoms with E-state index in [9.17, 15) is 14.9 Å². The van der Waals surface area contributed by atoms with Gasteiger partial charge in [0.05, 0.1) is 11.5 Å². The van der Waals surface area contributed by atoms with E-state index in [1.165, 1.54) is 18.2 Å². The fourth-order valence-electron chi connectivity index (χ4n) is 0.892. The molecule has 0 saturated carbocycles. The van der Waals surface area contributed by atoms with E-state index in [1.54, 1.807) is 12.1 Å². The van der Waals surface area contributed by atoms with Gasteiger partial charge in [0.15, 0.2) is 0 Å². The molecular formula is C8H6N2O3. The molecule has 0 saturated heterocycles. The van der Waals surface area contributed by atoms with E-state index in [4.69, 9.17) is 0 Å². The Balaban J connectivity index is 2.91. The summed E-state index contributed by atoms with van der Waals surface area (Å²) in [7, 11) is 0. The van der Waals surface area contributed by atoms with Gasteiger partial charge in [-0.2, -0.15) is 0 Å². The van der Waals surface area contributed by atoms with Crippen LogP contribution in [0, 0.1) is 10.1 Å². The van der Waals surface area contributed by atoms with Crippen LogP contribution in [0.1, 0.15) is 5.56 Å². The number of hydrogen-bond acceptors (Lipinski definition) is 4. The van der Waals surface area contributed by atoms with Crippen LogP contribution in [0.2, 0.25) is 0 Å². The van der Waals surface area contributed by atoms with E-state index in [0.29, 0.717) is 5.56 Å². The summed E-state index contributed by atoms with van der Waals surface area (Å²) in [4.78, 5) is 22.9. The molecule has 0 aromatic heterocycles. The molecule has 5 heteroatoms. The second-order valence-electron chi connectivity index (χ2n) is 2.33. The maximum atomic E-state index is 10.3. The number of nitro groups is 1. The molecule has 0 bridgehead atoms. The molecule has 0 aliphatic carbocycles. The summed E-state index contributed by atoms with van der Waals surface area (Å²) in [6.45, 7) is 0.130. The van der Waals surface area contributed by atoms with E-state index in [1.807, 2.05) is 0 Å². The zero-order chi connectivity index (χ0) is 9.68. The molecule has 0 heterocycles. The van der Waals surface area contributed by atoms with E-state index in [0.717, 1.165) is 0 Å². The number of isocyanates is 1. The molecular weight excluding hydrogens is 172 g/mol. The van der Waals surface area contributed by atoms with Crippen LogP contribution in [-0.2, 0) is 11.3 Å². The number of carbonyl (C=O) groups excluding carboxylic acids is 1. The lowest BCUT2D eigenvalue weighted by Gasteiger charge is -1.94. The predicted molar refractivity (Wildman–Crippen MR) is 44.9 cm³/mol. The zero-order valence-electron chi connectivity index (χ0n) is 6.64. The summed E-state index contributed by atoms with van der Waals surface area (Å²) in [5.74, 6) is 0. The van der Waals surface area contributed by atoms with Gasteiger partial charge in [-0.15, -0.1) is 0 Å². The van der Waals surface area contributed by atoms with Crippen LogP contribution in [0.4, 0.5) is 5.69 Å². The fraction of sp³-hybridized carbons (Fsp3) is 0.125. The van der Waals surface area contributed by atoms with Gasteiger partial charge in [0.1, 0.15) is 0 Å². The summed E-state index contributed by atoms with van der Waals surface area (Å²) in [6, 6.07) is 5.97. The molecule has 1 rings (SSSR count). The smallest absolute Gasteiger partial charge is 0.258 e. The third kappa shape index (κ3) is 2.50. The molecule has 0 atom stereocenters. The lowest BCUT2D eigenvalue weighted by Crippen LogP contribution is -1.89. The Bertz CT molecular complexity index is 369. The molecule has 0 radical (unpaired) electrons. The Morgan fingerprint density at radius 3 is 2.92 bits per heavy atom. The second kappa shape index (κ2) is 4.13. The molecule has 0 aliphatic heterocycles. The van der Waals surface area contributed by atoms with Crippen LogP contribution in [0.5, 0.6) is 0 Å². The summed E-state index contributed by atoms with van der Waals surface area (Å²) in [6.07, 6.45) is 1.37. The Morgan fingerprint density at radius 1 is 1.54 bits per heavy atom. The van der Waals surface area contributed by atoms with Gasteiger partial charge in [0, 0.05) is 12.1 Å². The van der Waals surface area contributed by atoms with Crippen molar-refractivity contribution in [1.29, 1.82) is 0 Å². The minimum absolute atomic E-state index is 0.00130. The van der Waals surface area contributed by atoms with Crippen LogP contribution >= 0.6 is 0 Å². The van der Waals surface area contributed by atoms with Crippen LogP contribution < -0.4 is 0 Å². The average molecular weight is 178 g/mol. The van der Waals surface area contributed by atoms with Crippen molar-refractivity contribution in [3.63, 3.8) is 0 Å². The molecule has 66 valence electrons. The number of benzene rings is 1. The van der Waals surface area contributed by atoms with Gasteiger partial charge in [0.2, 0.25) is 6.08 Å². The molecule has 0 spiro atoms. The summed E-state index contributed by atoms with van der Waals surface area (Å²) in [5.41, 5.74) is 0.621. The fourth-order valence-corrected chi connectivity index (χ4v) is 0.892. The third-order valence-electron chi connectivity index (χ3n) is 1.45. The minimum Gasteiger partial charge on any atom is -0.258 e. The number of hydrogen-bond donors (Lipinski definition) is 0. The first-order valence-electron chi connectivity index (χ1n) is 3.51. The Hall–Kier alpha value is -2.00. The van der Waals surface area contributed by atoms with E-state index in [-0.39, 0.29) is 12.2 Å². The number of nitrogens with zero attached hydrogens (tertiary/aromatic N) is 2. The molecule has 0 N–H and O–H groups in total. The van der Waals surface area contributed by atoms with Crippen molar-refractivity contribution >= 4 is 11.8 Å². The zero-order valence-corrected chi connectivity index (χ0v) is 6.64. The SMILES string of the molecule is O=C=NCc1cccc([N+](=O)[O-])c1. The third-order valence-corrected chi connectivity index (χ3v) is 1.45. The highest BCUT2D eigenvalue weighted by atomic mass is 16.6. The minimum atomic E-state index is -0.492. The molecule has 1 aromatic rings. The standard InChI is InChI=1S/C8H6N2O3/c11-6-9-5-7-2-1-3-8(4-7)10(12)13/h1-4H,5H2. The predicted octanol–water partition coefficient (Wildman–Crippen LogP) is 1.43. The van der Waals surface area contributed by atoms with Crippen molar-refractivity contribution in [3.05, 3.63) is 39.9 Å². The molecule has 0 aliphatic rings. The van der Waals surface area contributed by atoms with Crippen molar-refractivity contribution in [2.75, 3.05) is 0 Å². The van der Waals surface area contributed by atoms with Crippen molar-refractivity contribution in [1.82, 2.24) is 0 Å². The van der Waals surface area contributed by atoms with Gasteiger partial charge in [0.25, 0.3) is 5.69 Å². The lowest BCUT2D eigenvalue weighted by atomic mass is 10.2. The second-order valence-corrected chi connectivity index (χ2v) is 2.33. The Morgan fingerprint density at radius 2 is 2.31 bits per heavy atom. The lowest BCUT2D eigenvalue weighted by molar-refractivity contribution is -0.384. The van der Waals surface area contributed by atoms with E-state index < -0.39 is 4.92 Å². The van der Waals surface area contributed by atoms with Crippen molar-refractivity contribution in [2.24, 2.45) is 4.99 Å². The maximum absolute atomic E-state index is 10.3. The first-order chi connectivity index (χ1) is 6.24. The van der Waals surface area contributed by atoms with Crippen LogP contribution in [-0.4, -0.2) is 11.0 Å². The van der Waals surface area contributed by atoms with Crippen LogP contribution in [0.15, 0.2) is 29.3 Å². The molecule has 0 amide bonds. The number of rotatable bonds is 3. The van der Waals surface area contributed by atoms with Crippen LogP contribution in [0.25, 0.3) is 0 Å². The highest BCUT2D eigenvalue weighted by Crippen LogP contribution is 2.13. The summed E-state index contributed by atoms with van der Waals surface area (Å²) >= 11 is 0. The molecule has 13 heavy (non-hydrogen) atoms. The maximum Gasteiger partial charge on any atom is 0.269 e. The van der Waals surface area contributed by atoms with Crippen LogP contribution in [0.3, 0.4) is 0 Å². The van der Waals surface area contributed by atoms with Gasteiger partial charge < -0.3 is 0 Å². The number of aliphatic imine (C=N–C) groups is 1. The molecule has 5 nitrogen and oxygen atoms in total. The monoisotopic (exact) mass is 178 g/mol. The molecule has 1 aromatic carbocycles. The van der Waals surface area contributed by atoms with Gasteiger partial charge in [-0.1, -0.05) is 12.1 Å². The highest BCUT2D eigenvalue weighted by Gasteiger charge is 2.04. The first-order valence-corrected chi connectivity index (χ1v) is 3.51. The largest absolute Gasteiger partial charge is 0.269 e. The van der Waals surface area contributed by atoms with Gasteiger partial charge >= 0.3 is 0 Å². The van der Waals surface area contributed by atoms with E-state index in [2.05, 4.69) is 4.99 Å². The normalized spacial score (nSPS) is 8.92. The summed E-state index contributed by atoms with van der Waals surface area (Å²) < 4.78 is 0. The van der Waals surface area contributed by atoms with E-state index >= 15 is 0 Å². The topological polar surface area (TPSA) is 72.6 Å². The van der Waals surface area contributed by atoms with Gasteiger partial charge in [-0.05, 0) is 5.56 Å². The van der Waals surface area contributed by atoms with Gasteiger partial charge in [-0.3, -0.25) is 10.1 Å². The molecule has 0 fully saturated rings. The van der Waals surface area contributed by atoms with Crippen molar-refractivity contribution in [3.8, 4) is 0 Å². The Kier molecular flexibility index (Phi) is 2.89. The highest BCUT2D eigenvalue weighted by molar-refractivity contribution is 5.37. The van der Waals surface area contributed by atoms with Crippen molar-refractivity contribution < 1.29 is 9.72 Å². The number of nitro benzene ring substituents is 1. The van der Waals surface area contributed by atoms with Gasteiger partial charge in [-0.25, -0.2) is 9.79 Å². The molecule has 0 unspecified atom stereocenters. The number of non-ortho nitro benzene ring substituents is 1. The quantitative estimate of drug-likeness (QED) is 0.304. The first kappa shape index (κ1) is 9.09. The van der Waals surface area contributed by atoms with Crippen molar-refractivity contribution in [2.45, 2.75) is 6.54 Å². The Labute approximate surface area is 73.9 Å².